The smallest absolute Gasteiger partial charge is 0.347 e. The second kappa shape index (κ2) is 5.59. The highest BCUT2D eigenvalue weighted by atomic mass is 32.1. The molecule has 0 spiro atoms. The van der Waals surface area contributed by atoms with Crippen LogP contribution in [0.1, 0.15) is 20.9 Å². The summed E-state index contributed by atoms with van der Waals surface area (Å²) in [7, 11) is 1.50. The Balaban J connectivity index is 2.33. The number of carboxylic acids is 1. The Morgan fingerprint density at radius 1 is 1.55 bits per heavy atom. The molecule has 0 aliphatic heterocycles. The number of rotatable bonds is 4. The first-order valence-electron chi connectivity index (χ1n) is 5.61. The van der Waals surface area contributed by atoms with Crippen molar-refractivity contribution in [1.82, 2.24) is 4.98 Å². The highest BCUT2D eigenvalue weighted by molar-refractivity contribution is 7.17. The van der Waals surface area contributed by atoms with Gasteiger partial charge < -0.3 is 15.2 Å². The van der Waals surface area contributed by atoms with Gasteiger partial charge in [-0.3, -0.25) is 0 Å². The van der Waals surface area contributed by atoms with Crippen LogP contribution in [0.5, 0.6) is 5.75 Å². The minimum absolute atomic E-state index is 0.195. The van der Waals surface area contributed by atoms with E-state index in [0.29, 0.717) is 27.8 Å². The van der Waals surface area contributed by atoms with Crippen molar-refractivity contribution in [3.63, 3.8) is 0 Å². The number of nitrogens with one attached hydrogen (secondary N) is 1. The summed E-state index contributed by atoms with van der Waals surface area (Å²) < 4.78 is 5.19. The molecule has 0 radical (unpaired) electrons. The number of nitriles is 1. The van der Waals surface area contributed by atoms with E-state index in [2.05, 4.69) is 10.3 Å². The van der Waals surface area contributed by atoms with Gasteiger partial charge in [0.2, 0.25) is 0 Å². The maximum Gasteiger partial charge on any atom is 0.347 e. The molecule has 6 nitrogen and oxygen atoms in total. The Kier molecular flexibility index (Phi) is 3.86. The Morgan fingerprint density at radius 3 is 2.85 bits per heavy atom. The van der Waals surface area contributed by atoms with Crippen molar-refractivity contribution in [2.45, 2.75) is 6.92 Å². The minimum Gasteiger partial charge on any atom is -0.495 e. The number of hydrogen-bond acceptors (Lipinski definition) is 6. The molecule has 102 valence electrons. The molecule has 0 unspecified atom stereocenters. The van der Waals surface area contributed by atoms with E-state index in [9.17, 15) is 4.79 Å². The summed E-state index contributed by atoms with van der Waals surface area (Å²) >= 11 is 1.05. The lowest BCUT2D eigenvalue weighted by Crippen LogP contribution is -1.95. The van der Waals surface area contributed by atoms with Crippen LogP contribution in [-0.4, -0.2) is 23.2 Å². The van der Waals surface area contributed by atoms with E-state index >= 15 is 0 Å². The average Bonchev–Trinajstić information content (AvgIpc) is 2.80. The Morgan fingerprint density at radius 2 is 2.30 bits per heavy atom. The van der Waals surface area contributed by atoms with Gasteiger partial charge in [-0.05, 0) is 19.1 Å². The molecule has 0 saturated heterocycles. The fraction of sp³-hybridized carbons (Fsp3) is 0.154. The van der Waals surface area contributed by atoms with Gasteiger partial charge in [0.15, 0.2) is 5.13 Å². The number of aryl methyl sites for hydroxylation is 1. The number of carbonyl (C=O) groups is 1. The molecule has 0 fully saturated rings. The second-order valence-corrected chi connectivity index (χ2v) is 4.89. The molecule has 2 aromatic rings. The topological polar surface area (TPSA) is 95.2 Å². The number of ether oxygens (including phenoxy) is 1. The zero-order valence-corrected chi connectivity index (χ0v) is 11.6. The predicted octanol–water partition coefficient (Wildman–Crippen LogP) is 2.77. The van der Waals surface area contributed by atoms with Gasteiger partial charge in [-0.25, -0.2) is 9.78 Å². The number of carboxylic acid groups (broad SMARTS) is 1. The number of nitrogens with zero attached hydrogens (tertiary/aromatic N) is 2. The van der Waals surface area contributed by atoms with Crippen LogP contribution in [0, 0.1) is 18.3 Å². The molecule has 1 heterocycles. The third-order valence-electron chi connectivity index (χ3n) is 2.56. The molecular weight excluding hydrogens is 278 g/mol. The Bertz CT molecular complexity index is 703. The monoisotopic (exact) mass is 289 g/mol. The first kappa shape index (κ1) is 13.8. The van der Waals surface area contributed by atoms with Crippen LogP contribution in [0.3, 0.4) is 0 Å². The molecule has 0 saturated carbocycles. The lowest BCUT2D eigenvalue weighted by atomic mass is 10.2. The van der Waals surface area contributed by atoms with Gasteiger partial charge in [-0.1, -0.05) is 11.3 Å². The van der Waals surface area contributed by atoms with E-state index in [4.69, 9.17) is 15.1 Å². The van der Waals surface area contributed by atoms with Crippen LogP contribution in [0.15, 0.2) is 18.2 Å². The maximum atomic E-state index is 11.0. The quantitative estimate of drug-likeness (QED) is 0.898. The molecule has 0 aliphatic carbocycles. The molecule has 7 heteroatoms. The highest BCUT2D eigenvalue weighted by Crippen LogP contribution is 2.31. The zero-order valence-electron chi connectivity index (χ0n) is 10.8. The van der Waals surface area contributed by atoms with Crippen LogP contribution in [0.25, 0.3) is 0 Å². The van der Waals surface area contributed by atoms with Crippen LogP contribution in [0.2, 0.25) is 0 Å². The molecular formula is C13H11N3O3S. The molecule has 0 aliphatic rings. The largest absolute Gasteiger partial charge is 0.495 e. The van der Waals surface area contributed by atoms with Crippen molar-refractivity contribution in [2.24, 2.45) is 0 Å². The molecule has 2 N–H and O–H groups in total. The number of hydrogen-bond donors (Lipinski definition) is 2. The minimum atomic E-state index is -1.00. The second-order valence-electron chi connectivity index (χ2n) is 3.89. The summed E-state index contributed by atoms with van der Waals surface area (Å²) in [6.07, 6.45) is 0. The van der Waals surface area contributed by atoms with Crippen molar-refractivity contribution in [3.05, 3.63) is 34.3 Å². The van der Waals surface area contributed by atoms with Crippen LogP contribution in [-0.2, 0) is 0 Å². The molecule has 0 bridgehead atoms. The van der Waals surface area contributed by atoms with E-state index in [1.807, 2.05) is 6.07 Å². The van der Waals surface area contributed by atoms with Crippen molar-refractivity contribution in [2.75, 3.05) is 12.4 Å². The van der Waals surface area contributed by atoms with E-state index < -0.39 is 5.97 Å². The van der Waals surface area contributed by atoms with Crippen LogP contribution in [0.4, 0.5) is 10.8 Å². The number of methoxy groups -OCH3 is 1. The number of aromatic nitrogens is 1. The first-order valence-corrected chi connectivity index (χ1v) is 6.42. The van der Waals surface area contributed by atoms with E-state index in [1.54, 1.807) is 25.1 Å². The van der Waals surface area contributed by atoms with Gasteiger partial charge in [0.05, 0.1) is 30.1 Å². The number of aromatic carboxylic acids is 1. The summed E-state index contributed by atoms with van der Waals surface area (Å²) in [6, 6.07) is 6.95. The molecule has 20 heavy (non-hydrogen) atoms. The highest BCUT2D eigenvalue weighted by Gasteiger charge is 2.15. The lowest BCUT2D eigenvalue weighted by molar-refractivity contribution is 0.0701. The van der Waals surface area contributed by atoms with E-state index in [1.165, 1.54) is 7.11 Å². The maximum absolute atomic E-state index is 11.0. The summed E-state index contributed by atoms with van der Waals surface area (Å²) in [5.74, 6) is -0.506. The zero-order chi connectivity index (χ0) is 14.7. The third-order valence-corrected chi connectivity index (χ3v) is 3.62. The van der Waals surface area contributed by atoms with Crippen molar-refractivity contribution >= 4 is 28.1 Å². The van der Waals surface area contributed by atoms with Crippen LogP contribution < -0.4 is 10.1 Å². The number of thiazole rings is 1. The third kappa shape index (κ3) is 2.70. The normalized spacial score (nSPS) is 9.85. The Hall–Kier alpha value is -2.59. The predicted molar refractivity (Wildman–Crippen MR) is 74.8 cm³/mol. The van der Waals surface area contributed by atoms with Crippen molar-refractivity contribution < 1.29 is 14.6 Å². The summed E-state index contributed by atoms with van der Waals surface area (Å²) in [4.78, 5) is 15.3. The Labute approximate surface area is 119 Å². The molecule has 1 aromatic heterocycles. The van der Waals surface area contributed by atoms with Gasteiger partial charge in [0, 0.05) is 6.07 Å². The van der Waals surface area contributed by atoms with Crippen LogP contribution >= 0.6 is 11.3 Å². The van der Waals surface area contributed by atoms with Crippen molar-refractivity contribution in [1.29, 1.82) is 5.26 Å². The van der Waals surface area contributed by atoms with E-state index in [0.717, 1.165) is 11.3 Å². The fourth-order valence-electron chi connectivity index (χ4n) is 1.63. The molecule has 0 amide bonds. The molecule has 0 atom stereocenters. The fourth-order valence-corrected chi connectivity index (χ4v) is 2.45. The molecule has 1 aromatic carbocycles. The van der Waals surface area contributed by atoms with Gasteiger partial charge in [-0.2, -0.15) is 5.26 Å². The summed E-state index contributed by atoms with van der Waals surface area (Å²) in [5.41, 5.74) is 1.56. The van der Waals surface area contributed by atoms with E-state index in [-0.39, 0.29) is 4.88 Å². The number of anilines is 2. The molecule has 2 rings (SSSR count). The lowest BCUT2D eigenvalue weighted by Gasteiger charge is -2.08. The van der Waals surface area contributed by atoms with Crippen molar-refractivity contribution in [3.8, 4) is 11.8 Å². The summed E-state index contributed by atoms with van der Waals surface area (Å²) in [6.45, 7) is 1.64. The van der Waals surface area contributed by atoms with Gasteiger partial charge in [-0.15, -0.1) is 0 Å². The SMILES string of the molecule is COc1cc(C#N)ccc1Nc1nc(C)c(C(=O)O)s1. The van der Waals surface area contributed by atoms with Gasteiger partial charge in [0.25, 0.3) is 0 Å². The van der Waals surface area contributed by atoms with Gasteiger partial charge in [0.1, 0.15) is 10.6 Å². The number of benzene rings is 1. The van der Waals surface area contributed by atoms with Gasteiger partial charge >= 0.3 is 5.97 Å². The summed E-state index contributed by atoms with van der Waals surface area (Å²) in [5, 5.41) is 21.3. The average molecular weight is 289 g/mol. The standard InChI is InChI=1S/C13H11N3O3S/c1-7-11(12(17)18)20-13(15-7)16-9-4-3-8(6-14)5-10(9)19-2/h3-5H,1-2H3,(H,15,16)(H,17,18). The first-order chi connectivity index (χ1) is 9.55.